The average molecular weight is 285 g/mol. The molecule has 10 heteroatoms. The van der Waals surface area contributed by atoms with E-state index in [2.05, 4.69) is 15.3 Å². The number of carbonyl (C=O) groups excluding carboxylic acids is 1. The van der Waals surface area contributed by atoms with Crippen LogP contribution in [0.4, 0.5) is 26.3 Å². The maximum absolute atomic E-state index is 12.7. The molecule has 0 radical (unpaired) electrons. The fourth-order valence-corrected chi connectivity index (χ4v) is 1.65. The first-order valence-corrected chi connectivity index (χ1v) is 4.94. The zero-order valence-corrected chi connectivity index (χ0v) is 8.98. The molecule has 0 spiro atoms. The van der Waals surface area contributed by atoms with Crippen molar-refractivity contribution in [1.82, 2.24) is 15.3 Å². The topological polar surface area (TPSA) is 54.9 Å². The fourth-order valence-electron chi connectivity index (χ4n) is 1.65. The van der Waals surface area contributed by atoms with E-state index >= 15 is 0 Å². The summed E-state index contributed by atoms with van der Waals surface area (Å²) in [6.45, 7) is -0.108. The SMILES string of the molecule is O=C1NCCc2c1nc(C(F)(F)F)nc2C(F)(F)F. The molecular formula is C9H5F6N3O. The zero-order valence-electron chi connectivity index (χ0n) is 8.98. The number of nitrogens with one attached hydrogen (secondary N) is 1. The van der Waals surface area contributed by atoms with Gasteiger partial charge in [-0.2, -0.15) is 26.3 Å². The molecule has 0 unspecified atom stereocenters. The van der Waals surface area contributed by atoms with E-state index in [1.54, 1.807) is 0 Å². The third-order valence-corrected chi connectivity index (χ3v) is 2.40. The van der Waals surface area contributed by atoms with E-state index in [0.29, 0.717) is 0 Å². The van der Waals surface area contributed by atoms with Gasteiger partial charge in [-0.25, -0.2) is 9.97 Å². The van der Waals surface area contributed by atoms with Crippen LogP contribution in [-0.4, -0.2) is 22.4 Å². The van der Waals surface area contributed by atoms with E-state index in [1.165, 1.54) is 0 Å². The number of fused-ring (bicyclic) bond motifs is 1. The highest BCUT2D eigenvalue weighted by Crippen LogP contribution is 2.35. The maximum atomic E-state index is 12.7. The first-order valence-electron chi connectivity index (χ1n) is 4.94. The normalized spacial score (nSPS) is 16.0. The fraction of sp³-hybridized carbons (Fsp3) is 0.444. The van der Waals surface area contributed by atoms with Crippen molar-refractivity contribution in [2.45, 2.75) is 18.8 Å². The number of hydrogen-bond donors (Lipinski definition) is 1. The minimum atomic E-state index is -5.16. The van der Waals surface area contributed by atoms with E-state index in [4.69, 9.17) is 0 Å². The van der Waals surface area contributed by atoms with Crippen LogP contribution in [0.1, 0.15) is 27.6 Å². The number of halogens is 6. The predicted molar refractivity (Wildman–Crippen MR) is 48.1 cm³/mol. The molecule has 2 heterocycles. The van der Waals surface area contributed by atoms with Gasteiger partial charge >= 0.3 is 12.4 Å². The molecular weight excluding hydrogens is 280 g/mol. The van der Waals surface area contributed by atoms with E-state index < -0.39 is 41.0 Å². The highest BCUT2D eigenvalue weighted by atomic mass is 19.4. The van der Waals surface area contributed by atoms with Crippen LogP contribution in [-0.2, 0) is 18.8 Å². The number of rotatable bonds is 0. The Labute approximate surface area is 101 Å². The third-order valence-electron chi connectivity index (χ3n) is 2.40. The van der Waals surface area contributed by atoms with Crippen LogP contribution in [0.25, 0.3) is 0 Å². The molecule has 1 aliphatic heterocycles. The molecule has 1 aromatic rings. The molecule has 0 bridgehead atoms. The lowest BCUT2D eigenvalue weighted by atomic mass is 10.0. The Morgan fingerprint density at radius 2 is 1.63 bits per heavy atom. The highest BCUT2D eigenvalue weighted by molar-refractivity contribution is 5.95. The van der Waals surface area contributed by atoms with E-state index in [9.17, 15) is 31.1 Å². The first-order chi connectivity index (χ1) is 8.60. The summed E-state index contributed by atoms with van der Waals surface area (Å²) in [4.78, 5) is 16.7. The molecule has 2 rings (SSSR count). The molecule has 19 heavy (non-hydrogen) atoms. The second-order valence-electron chi connectivity index (χ2n) is 3.72. The van der Waals surface area contributed by atoms with E-state index in [-0.39, 0.29) is 13.0 Å². The second kappa shape index (κ2) is 4.07. The lowest BCUT2D eigenvalue weighted by Gasteiger charge is -2.20. The Hall–Kier alpha value is -1.87. The summed E-state index contributed by atoms with van der Waals surface area (Å²) in [5, 5.41) is 2.13. The van der Waals surface area contributed by atoms with Crippen molar-refractivity contribution in [2.75, 3.05) is 6.54 Å². The van der Waals surface area contributed by atoms with Crippen LogP contribution < -0.4 is 5.32 Å². The van der Waals surface area contributed by atoms with Gasteiger partial charge in [0, 0.05) is 12.1 Å². The summed E-state index contributed by atoms with van der Waals surface area (Å²) >= 11 is 0. The third kappa shape index (κ3) is 2.47. The zero-order chi connectivity index (χ0) is 14.4. The van der Waals surface area contributed by atoms with Crippen molar-refractivity contribution in [3.63, 3.8) is 0 Å². The van der Waals surface area contributed by atoms with E-state index in [1.807, 2.05) is 0 Å². The van der Waals surface area contributed by atoms with Crippen molar-refractivity contribution >= 4 is 5.91 Å². The minimum Gasteiger partial charge on any atom is -0.350 e. The lowest BCUT2D eigenvalue weighted by Crippen LogP contribution is -2.36. The number of alkyl halides is 6. The smallest absolute Gasteiger partial charge is 0.350 e. The standard InChI is InChI=1S/C9H5F6N3O/c10-8(11,12)5-3-1-2-16-6(19)4(3)17-7(18-5)9(13,14)15/h1-2H2,(H,16,19). The van der Waals surface area contributed by atoms with Crippen molar-refractivity contribution < 1.29 is 31.1 Å². The molecule has 104 valence electrons. The van der Waals surface area contributed by atoms with Gasteiger partial charge in [0.25, 0.3) is 5.91 Å². The van der Waals surface area contributed by atoms with Gasteiger partial charge < -0.3 is 5.32 Å². The molecule has 0 fully saturated rings. The predicted octanol–water partition coefficient (Wildman–Crippen LogP) is 1.80. The number of aromatic nitrogens is 2. The maximum Gasteiger partial charge on any atom is 0.451 e. The summed E-state index contributed by atoms with van der Waals surface area (Å²) < 4.78 is 75.3. The van der Waals surface area contributed by atoms with Crippen LogP contribution in [0.5, 0.6) is 0 Å². The van der Waals surface area contributed by atoms with Crippen LogP contribution >= 0.6 is 0 Å². The molecule has 0 aromatic carbocycles. The minimum absolute atomic E-state index is 0.108. The summed E-state index contributed by atoms with van der Waals surface area (Å²) in [6.07, 6.45) is -10.5. The Morgan fingerprint density at radius 1 is 1.00 bits per heavy atom. The monoisotopic (exact) mass is 285 g/mol. The Balaban J connectivity index is 2.72. The summed E-state index contributed by atoms with van der Waals surface area (Å²) in [5.74, 6) is -3.05. The molecule has 1 aliphatic rings. The largest absolute Gasteiger partial charge is 0.451 e. The van der Waals surface area contributed by atoms with Gasteiger partial charge in [-0.1, -0.05) is 0 Å². The number of nitrogens with zero attached hydrogens (tertiary/aromatic N) is 2. The van der Waals surface area contributed by atoms with Crippen molar-refractivity contribution in [1.29, 1.82) is 0 Å². The van der Waals surface area contributed by atoms with Crippen molar-refractivity contribution in [3.8, 4) is 0 Å². The molecule has 1 N–H and O–H groups in total. The van der Waals surface area contributed by atoms with Gasteiger partial charge in [0.1, 0.15) is 5.69 Å². The van der Waals surface area contributed by atoms with Gasteiger partial charge in [0.2, 0.25) is 5.82 Å². The second-order valence-corrected chi connectivity index (χ2v) is 3.72. The number of carbonyl (C=O) groups is 1. The average Bonchev–Trinajstić information content (AvgIpc) is 2.25. The Bertz CT molecular complexity index is 536. The Kier molecular flexibility index (Phi) is 2.90. The molecule has 0 atom stereocenters. The van der Waals surface area contributed by atoms with Crippen molar-refractivity contribution in [3.05, 3.63) is 22.8 Å². The molecule has 0 saturated carbocycles. The van der Waals surface area contributed by atoms with Gasteiger partial charge in [-0.05, 0) is 6.42 Å². The molecule has 1 amide bonds. The Morgan fingerprint density at radius 3 is 2.16 bits per heavy atom. The van der Waals surface area contributed by atoms with E-state index in [0.717, 1.165) is 0 Å². The summed E-state index contributed by atoms with van der Waals surface area (Å²) in [7, 11) is 0. The van der Waals surface area contributed by atoms with Crippen LogP contribution in [0.3, 0.4) is 0 Å². The molecule has 0 aliphatic carbocycles. The quantitative estimate of drug-likeness (QED) is 0.739. The van der Waals surface area contributed by atoms with Crippen molar-refractivity contribution in [2.24, 2.45) is 0 Å². The van der Waals surface area contributed by atoms with Gasteiger partial charge in [-0.3, -0.25) is 4.79 Å². The van der Waals surface area contributed by atoms with Gasteiger partial charge in [0.05, 0.1) is 0 Å². The lowest BCUT2D eigenvalue weighted by molar-refractivity contribution is -0.153. The van der Waals surface area contributed by atoms with Gasteiger partial charge in [0.15, 0.2) is 5.69 Å². The highest BCUT2D eigenvalue weighted by Gasteiger charge is 2.44. The summed E-state index contributed by atoms with van der Waals surface area (Å²) in [6, 6.07) is 0. The van der Waals surface area contributed by atoms with Crippen LogP contribution in [0, 0.1) is 0 Å². The van der Waals surface area contributed by atoms with Crippen LogP contribution in [0.15, 0.2) is 0 Å². The first kappa shape index (κ1) is 13.6. The number of amides is 1. The summed E-state index contributed by atoms with van der Waals surface area (Å²) in [5.41, 5.74) is -3.19. The molecule has 0 saturated heterocycles. The van der Waals surface area contributed by atoms with Gasteiger partial charge in [-0.15, -0.1) is 0 Å². The molecule has 4 nitrogen and oxygen atoms in total. The molecule has 1 aromatic heterocycles. The number of hydrogen-bond acceptors (Lipinski definition) is 3. The van der Waals surface area contributed by atoms with Crippen LogP contribution in [0.2, 0.25) is 0 Å².